The Morgan fingerprint density at radius 3 is 3.21 bits per heavy atom. The zero-order valence-corrected chi connectivity index (χ0v) is 11.4. The summed E-state index contributed by atoms with van der Waals surface area (Å²) in [5, 5.41) is 0. The summed E-state index contributed by atoms with van der Waals surface area (Å²) in [5.74, 6) is 0.468. The van der Waals surface area contributed by atoms with E-state index in [1.54, 1.807) is 6.20 Å². The first-order valence-electron chi connectivity index (χ1n) is 6.61. The smallest absolute Gasteiger partial charge is 0.305 e. The summed E-state index contributed by atoms with van der Waals surface area (Å²) in [6.07, 6.45) is 3.75. The number of aryl methyl sites for hydroxylation is 1. The molecule has 0 bridgehead atoms. The van der Waals surface area contributed by atoms with Gasteiger partial charge in [0.1, 0.15) is 5.76 Å². The average Bonchev–Trinajstić information content (AvgIpc) is 3.05. The molecule has 2 rings (SSSR count). The van der Waals surface area contributed by atoms with Crippen molar-refractivity contribution in [3.63, 3.8) is 0 Å². The fourth-order valence-corrected chi connectivity index (χ4v) is 2.16. The molecule has 1 aromatic heterocycles. The van der Waals surface area contributed by atoms with Gasteiger partial charge in [-0.25, -0.2) is 4.98 Å². The molecule has 1 aliphatic heterocycles. The van der Waals surface area contributed by atoms with Gasteiger partial charge in [0.25, 0.3) is 6.01 Å². The largest absolute Gasteiger partial charge is 0.469 e. The molecule has 6 nitrogen and oxygen atoms in total. The quantitative estimate of drug-likeness (QED) is 0.727. The molecule has 2 heterocycles. The number of esters is 1. The topological polar surface area (TPSA) is 64.8 Å². The molecule has 0 amide bonds. The van der Waals surface area contributed by atoms with E-state index >= 15 is 0 Å². The van der Waals surface area contributed by atoms with Crippen molar-refractivity contribution >= 4 is 12.0 Å². The molecule has 1 fully saturated rings. The van der Waals surface area contributed by atoms with Gasteiger partial charge in [0.15, 0.2) is 0 Å². The number of ether oxygens (including phenoxy) is 2. The van der Waals surface area contributed by atoms with E-state index in [1.807, 2.05) is 6.92 Å². The van der Waals surface area contributed by atoms with Crippen LogP contribution in [-0.4, -0.2) is 43.9 Å². The second kappa shape index (κ2) is 6.56. The number of anilines is 1. The third-order valence-electron chi connectivity index (χ3n) is 3.16. The van der Waals surface area contributed by atoms with Crippen molar-refractivity contribution in [2.75, 3.05) is 31.7 Å². The fourth-order valence-electron chi connectivity index (χ4n) is 2.16. The molecule has 1 saturated heterocycles. The number of hydrogen-bond acceptors (Lipinski definition) is 6. The summed E-state index contributed by atoms with van der Waals surface area (Å²) in [6.45, 7) is 4.43. The normalized spacial score (nSPS) is 18.8. The minimum Gasteiger partial charge on any atom is -0.469 e. The highest BCUT2D eigenvalue weighted by atomic mass is 16.5. The van der Waals surface area contributed by atoms with Crippen molar-refractivity contribution in [2.24, 2.45) is 0 Å². The lowest BCUT2D eigenvalue weighted by Crippen LogP contribution is -2.23. The summed E-state index contributed by atoms with van der Waals surface area (Å²) < 4.78 is 15.8. The zero-order chi connectivity index (χ0) is 13.7. The second-order valence-electron chi connectivity index (χ2n) is 4.50. The fraction of sp³-hybridized carbons (Fsp3) is 0.692. The van der Waals surface area contributed by atoms with Crippen LogP contribution in [0.1, 0.15) is 25.5 Å². The van der Waals surface area contributed by atoms with Crippen LogP contribution in [0.4, 0.5) is 6.01 Å². The summed E-state index contributed by atoms with van der Waals surface area (Å²) in [5.41, 5.74) is 0. The van der Waals surface area contributed by atoms with E-state index in [9.17, 15) is 4.79 Å². The Bertz CT molecular complexity index is 419. The summed E-state index contributed by atoms with van der Waals surface area (Å²) >= 11 is 0. The van der Waals surface area contributed by atoms with Crippen LogP contribution in [-0.2, 0) is 20.7 Å². The van der Waals surface area contributed by atoms with Gasteiger partial charge in [-0.2, -0.15) is 0 Å². The molecule has 0 radical (unpaired) electrons. The highest BCUT2D eigenvalue weighted by molar-refractivity contribution is 5.69. The molecule has 1 aromatic rings. The maximum atomic E-state index is 11.1. The standard InChI is InChI=1S/C13H20N2O4/c1-3-18-11-6-7-15(9-11)13-14-8-10(19-13)4-5-12(16)17-2/h8,11H,3-7,9H2,1-2H3/t11-/m0/s1. The molecule has 0 saturated carbocycles. The van der Waals surface area contributed by atoms with Gasteiger partial charge in [-0.15, -0.1) is 0 Å². The number of methoxy groups -OCH3 is 1. The van der Waals surface area contributed by atoms with Crippen LogP contribution in [0.5, 0.6) is 0 Å². The van der Waals surface area contributed by atoms with Crippen molar-refractivity contribution in [3.8, 4) is 0 Å². The number of hydrogen-bond donors (Lipinski definition) is 0. The van der Waals surface area contributed by atoms with Crippen molar-refractivity contribution in [2.45, 2.75) is 32.3 Å². The molecule has 1 atom stereocenters. The summed E-state index contributed by atoms with van der Waals surface area (Å²) in [6, 6.07) is 0.613. The van der Waals surface area contributed by atoms with Crippen LogP contribution < -0.4 is 4.90 Å². The Morgan fingerprint density at radius 1 is 1.63 bits per heavy atom. The summed E-state index contributed by atoms with van der Waals surface area (Å²) in [4.78, 5) is 17.4. The first-order valence-corrected chi connectivity index (χ1v) is 6.61. The lowest BCUT2D eigenvalue weighted by molar-refractivity contribution is -0.140. The monoisotopic (exact) mass is 268 g/mol. The van der Waals surface area contributed by atoms with E-state index in [1.165, 1.54) is 7.11 Å². The highest BCUT2D eigenvalue weighted by Gasteiger charge is 2.25. The van der Waals surface area contributed by atoms with Crippen LogP contribution >= 0.6 is 0 Å². The number of carbonyl (C=O) groups is 1. The van der Waals surface area contributed by atoms with Crippen molar-refractivity contribution < 1.29 is 18.7 Å². The van der Waals surface area contributed by atoms with Gasteiger partial charge in [-0.3, -0.25) is 4.79 Å². The van der Waals surface area contributed by atoms with Gasteiger partial charge >= 0.3 is 5.97 Å². The van der Waals surface area contributed by atoms with E-state index < -0.39 is 0 Å². The maximum Gasteiger partial charge on any atom is 0.305 e. The van der Waals surface area contributed by atoms with E-state index in [0.29, 0.717) is 24.6 Å². The molecule has 0 spiro atoms. The van der Waals surface area contributed by atoms with E-state index in [0.717, 1.165) is 26.1 Å². The van der Waals surface area contributed by atoms with Gasteiger partial charge < -0.3 is 18.8 Å². The highest BCUT2D eigenvalue weighted by Crippen LogP contribution is 2.22. The minimum atomic E-state index is -0.240. The molecule has 0 aliphatic carbocycles. The van der Waals surface area contributed by atoms with Crippen LogP contribution in [0.15, 0.2) is 10.6 Å². The molecule has 0 N–H and O–H groups in total. The molecular formula is C13H20N2O4. The third-order valence-corrected chi connectivity index (χ3v) is 3.16. The number of carbonyl (C=O) groups excluding carboxylic acids is 1. The van der Waals surface area contributed by atoms with Gasteiger partial charge in [0.2, 0.25) is 0 Å². The van der Waals surface area contributed by atoms with Crippen LogP contribution in [0, 0.1) is 0 Å². The summed E-state index contributed by atoms with van der Waals surface area (Å²) in [7, 11) is 1.38. The molecule has 6 heteroatoms. The molecule has 1 aliphatic rings. The number of rotatable bonds is 6. The van der Waals surface area contributed by atoms with Crippen molar-refractivity contribution in [1.29, 1.82) is 0 Å². The number of nitrogens with zero attached hydrogens (tertiary/aromatic N) is 2. The molecule has 0 unspecified atom stereocenters. The van der Waals surface area contributed by atoms with E-state index in [-0.39, 0.29) is 12.1 Å². The molecular weight excluding hydrogens is 248 g/mol. The lowest BCUT2D eigenvalue weighted by atomic mass is 10.3. The maximum absolute atomic E-state index is 11.1. The number of aromatic nitrogens is 1. The average molecular weight is 268 g/mol. The lowest BCUT2D eigenvalue weighted by Gasteiger charge is -2.13. The molecule has 106 valence electrons. The van der Waals surface area contributed by atoms with Crippen molar-refractivity contribution in [3.05, 3.63) is 12.0 Å². The van der Waals surface area contributed by atoms with Crippen LogP contribution in [0.25, 0.3) is 0 Å². The predicted molar refractivity (Wildman–Crippen MR) is 69.1 cm³/mol. The predicted octanol–water partition coefficient (Wildman–Crippen LogP) is 1.40. The van der Waals surface area contributed by atoms with E-state index in [4.69, 9.17) is 9.15 Å². The molecule has 19 heavy (non-hydrogen) atoms. The van der Waals surface area contributed by atoms with E-state index in [2.05, 4.69) is 14.6 Å². The van der Waals surface area contributed by atoms with Gasteiger partial charge in [0.05, 0.1) is 25.8 Å². The Hall–Kier alpha value is -1.56. The van der Waals surface area contributed by atoms with Crippen LogP contribution in [0.3, 0.4) is 0 Å². The van der Waals surface area contributed by atoms with Gasteiger partial charge in [0, 0.05) is 26.1 Å². The van der Waals surface area contributed by atoms with Gasteiger partial charge in [-0.05, 0) is 13.3 Å². The Labute approximate surface area is 112 Å². The first kappa shape index (κ1) is 13.9. The second-order valence-corrected chi connectivity index (χ2v) is 4.50. The zero-order valence-electron chi connectivity index (χ0n) is 11.4. The first-order chi connectivity index (χ1) is 9.22. The Kier molecular flexibility index (Phi) is 4.79. The number of oxazole rings is 1. The van der Waals surface area contributed by atoms with Crippen LogP contribution in [0.2, 0.25) is 0 Å². The Balaban J connectivity index is 1.85. The minimum absolute atomic E-state index is 0.240. The SMILES string of the molecule is CCO[C@H]1CCN(c2ncc(CCC(=O)OC)o2)C1. The Morgan fingerprint density at radius 2 is 2.47 bits per heavy atom. The van der Waals surface area contributed by atoms with Crippen molar-refractivity contribution in [1.82, 2.24) is 4.98 Å². The molecule has 0 aromatic carbocycles. The van der Waals surface area contributed by atoms with Gasteiger partial charge in [-0.1, -0.05) is 0 Å². The third kappa shape index (κ3) is 3.70.